The number of oxazole rings is 1. The lowest BCUT2D eigenvalue weighted by molar-refractivity contribution is 0.556. The first-order chi connectivity index (χ1) is 11.8. The van der Waals surface area contributed by atoms with Crippen molar-refractivity contribution in [2.24, 2.45) is 0 Å². The van der Waals surface area contributed by atoms with Crippen LogP contribution in [-0.4, -0.2) is 19.9 Å². The lowest BCUT2D eigenvalue weighted by Crippen LogP contribution is -1.90. The number of nitrogens with zero attached hydrogens (tertiary/aromatic N) is 4. The van der Waals surface area contributed by atoms with Gasteiger partial charge < -0.3 is 4.42 Å². The average Bonchev–Trinajstić information content (AvgIpc) is 3.03. The third-order valence-corrected chi connectivity index (χ3v) is 4.40. The van der Waals surface area contributed by atoms with Gasteiger partial charge in [0.2, 0.25) is 5.89 Å². The van der Waals surface area contributed by atoms with Crippen LogP contribution in [0, 0.1) is 0 Å². The molecule has 0 saturated carbocycles. The number of benzene rings is 1. The van der Waals surface area contributed by atoms with E-state index in [1.807, 2.05) is 24.3 Å². The Morgan fingerprint density at radius 3 is 2.71 bits per heavy atom. The molecule has 4 rings (SSSR count). The summed E-state index contributed by atoms with van der Waals surface area (Å²) < 4.78 is 5.68. The van der Waals surface area contributed by atoms with Crippen molar-refractivity contribution in [3.63, 3.8) is 0 Å². The summed E-state index contributed by atoms with van der Waals surface area (Å²) in [5, 5.41) is 1.29. The monoisotopic (exact) mass is 354 g/mol. The van der Waals surface area contributed by atoms with Crippen LogP contribution in [0.5, 0.6) is 0 Å². The molecule has 0 bridgehead atoms. The molecule has 24 heavy (non-hydrogen) atoms. The van der Waals surface area contributed by atoms with Crippen molar-refractivity contribution < 1.29 is 4.42 Å². The molecule has 7 heteroatoms. The van der Waals surface area contributed by atoms with Gasteiger partial charge in [0.25, 0.3) is 0 Å². The second-order valence-corrected chi connectivity index (χ2v) is 6.36. The summed E-state index contributed by atoms with van der Waals surface area (Å²) in [7, 11) is 0. The molecule has 0 spiro atoms. The topological polar surface area (TPSA) is 64.7 Å². The third-order valence-electron chi connectivity index (χ3n) is 3.31. The Labute approximate surface area is 147 Å². The number of rotatable bonds is 4. The molecule has 3 heterocycles. The lowest BCUT2D eigenvalue weighted by atomic mass is 10.2. The number of fused-ring (bicyclic) bond motifs is 1. The molecule has 0 atom stereocenters. The van der Waals surface area contributed by atoms with Gasteiger partial charge in [-0.05, 0) is 24.3 Å². The Morgan fingerprint density at radius 1 is 1.04 bits per heavy atom. The summed E-state index contributed by atoms with van der Waals surface area (Å²) in [4.78, 5) is 17.4. The molecule has 0 fully saturated rings. The number of halogens is 1. The number of thioether (sulfide) groups is 1. The highest BCUT2D eigenvalue weighted by Crippen LogP contribution is 2.25. The third kappa shape index (κ3) is 3.25. The van der Waals surface area contributed by atoms with E-state index in [2.05, 4.69) is 19.9 Å². The van der Waals surface area contributed by atoms with Crippen LogP contribution in [0.2, 0.25) is 5.02 Å². The van der Waals surface area contributed by atoms with E-state index in [-0.39, 0.29) is 0 Å². The first kappa shape index (κ1) is 15.1. The van der Waals surface area contributed by atoms with Crippen LogP contribution < -0.4 is 0 Å². The summed E-state index contributed by atoms with van der Waals surface area (Å²) >= 11 is 7.41. The molecule has 0 amide bonds. The Balaban J connectivity index is 1.47. The van der Waals surface area contributed by atoms with E-state index < -0.39 is 0 Å². The molecule has 0 aliphatic rings. The minimum atomic E-state index is 0.551. The van der Waals surface area contributed by atoms with Crippen molar-refractivity contribution in [1.82, 2.24) is 19.9 Å². The predicted octanol–water partition coefficient (Wildman–Crippen LogP) is 4.63. The van der Waals surface area contributed by atoms with Crippen molar-refractivity contribution in [2.75, 3.05) is 0 Å². The van der Waals surface area contributed by atoms with Crippen LogP contribution >= 0.6 is 23.4 Å². The summed E-state index contributed by atoms with van der Waals surface area (Å²) in [6.07, 6.45) is 5.28. The summed E-state index contributed by atoms with van der Waals surface area (Å²) in [6, 6.07) is 11.1. The van der Waals surface area contributed by atoms with Gasteiger partial charge in [0.1, 0.15) is 5.52 Å². The SMILES string of the molecule is Clc1ccc2nc(CSc3ncc(-c4ccccn4)cn3)oc2c1. The van der Waals surface area contributed by atoms with E-state index in [9.17, 15) is 0 Å². The molecule has 0 radical (unpaired) electrons. The minimum absolute atomic E-state index is 0.551. The van der Waals surface area contributed by atoms with Gasteiger partial charge in [-0.2, -0.15) is 0 Å². The zero-order valence-electron chi connectivity index (χ0n) is 12.4. The van der Waals surface area contributed by atoms with E-state index in [1.165, 1.54) is 11.8 Å². The zero-order chi connectivity index (χ0) is 16.4. The fourth-order valence-corrected chi connectivity index (χ4v) is 2.98. The summed E-state index contributed by atoms with van der Waals surface area (Å²) in [5.41, 5.74) is 3.22. The van der Waals surface area contributed by atoms with Gasteiger partial charge in [0.15, 0.2) is 10.7 Å². The van der Waals surface area contributed by atoms with Crippen molar-refractivity contribution in [3.8, 4) is 11.3 Å². The van der Waals surface area contributed by atoms with Crippen molar-refractivity contribution in [2.45, 2.75) is 10.9 Å². The van der Waals surface area contributed by atoms with Gasteiger partial charge in [-0.1, -0.05) is 29.4 Å². The van der Waals surface area contributed by atoms with Gasteiger partial charge in [0.05, 0.1) is 11.4 Å². The maximum absolute atomic E-state index is 5.95. The van der Waals surface area contributed by atoms with Gasteiger partial charge in [-0.25, -0.2) is 15.0 Å². The number of pyridine rings is 1. The highest BCUT2D eigenvalue weighted by Gasteiger charge is 2.08. The maximum Gasteiger partial charge on any atom is 0.205 e. The molecule has 118 valence electrons. The average molecular weight is 355 g/mol. The Morgan fingerprint density at radius 2 is 1.92 bits per heavy atom. The smallest absolute Gasteiger partial charge is 0.205 e. The summed E-state index contributed by atoms with van der Waals surface area (Å²) in [6.45, 7) is 0. The van der Waals surface area contributed by atoms with Gasteiger partial charge in [-0.15, -0.1) is 0 Å². The molecule has 4 aromatic rings. The van der Waals surface area contributed by atoms with Crippen LogP contribution in [0.3, 0.4) is 0 Å². The molecule has 5 nitrogen and oxygen atoms in total. The Hall–Kier alpha value is -2.44. The molecular weight excluding hydrogens is 344 g/mol. The Kier molecular flexibility index (Phi) is 4.15. The van der Waals surface area contributed by atoms with E-state index in [0.717, 1.165) is 16.8 Å². The molecule has 0 aliphatic carbocycles. The van der Waals surface area contributed by atoms with Crippen molar-refractivity contribution in [1.29, 1.82) is 0 Å². The van der Waals surface area contributed by atoms with Gasteiger partial charge in [0, 0.05) is 35.2 Å². The first-order valence-electron chi connectivity index (χ1n) is 7.19. The first-order valence-corrected chi connectivity index (χ1v) is 8.55. The summed E-state index contributed by atoms with van der Waals surface area (Å²) in [5.74, 6) is 1.17. The highest BCUT2D eigenvalue weighted by molar-refractivity contribution is 7.98. The number of hydrogen-bond donors (Lipinski definition) is 0. The minimum Gasteiger partial charge on any atom is -0.440 e. The normalized spacial score (nSPS) is 11.0. The van der Waals surface area contributed by atoms with E-state index >= 15 is 0 Å². The lowest BCUT2D eigenvalue weighted by Gasteiger charge is -2.01. The van der Waals surface area contributed by atoms with E-state index in [0.29, 0.717) is 27.4 Å². The molecule has 3 aromatic heterocycles. The molecule has 0 unspecified atom stereocenters. The van der Waals surface area contributed by atoms with Crippen molar-refractivity contribution in [3.05, 3.63) is 65.9 Å². The second-order valence-electron chi connectivity index (χ2n) is 4.98. The van der Waals surface area contributed by atoms with Crippen molar-refractivity contribution >= 4 is 34.5 Å². The van der Waals surface area contributed by atoms with Gasteiger partial charge >= 0.3 is 0 Å². The van der Waals surface area contributed by atoms with Crippen LogP contribution in [0.4, 0.5) is 0 Å². The fourth-order valence-electron chi connectivity index (χ4n) is 2.19. The largest absolute Gasteiger partial charge is 0.440 e. The quantitative estimate of drug-likeness (QED) is 0.393. The fraction of sp³-hybridized carbons (Fsp3) is 0.0588. The number of aromatic nitrogens is 4. The van der Waals surface area contributed by atoms with Crippen LogP contribution in [0.15, 0.2) is 64.6 Å². The van der Waals surface area contributed by atoms with Gasteiger partial charge in [-0.3, -0.25) is 4.98 Å². The maximum atomic E-state index is 5.95. The molecule has 0 saturated heterocycles. The predicted molar refractivity (Wildman–Crippen MR) is 93.8 cm³/mol. The zero-order valence-corrected chi connectivity index (χ0v) is 14.0. The molecule has 0 aliphatic heterocycles. The molecule has 0 N–H and O–H groups in total. The van der Waals surface area contributed by atoms with Crippen LogP contribution in [0.1, 0.15) is 5.89 Å². The molecule has 1 aromatic carbocycles. The molecular formula is C17H11ClN4OS. The second kappa shape index (κ2) is 6.59. The Bertz CT molecular complexity index is 973. The van der Waals surface area contributed by atoms with Crippen LogP contribution in [-0.2, 0) is 5.75 Å². The van der Waals surface area contributed by atoms with E-state index in [4.69, 9.17) is 16.0 Å². The van der Waals surface area contributed by atoms with Crippen LogP contribution in [0.25, 0.3) is 22.4 Å². The number of hydrogen-bond acceptors (Lipinski definition) is 6. The standard InChI is InChI=1S/C17H11ClN4OS/c18-12-4-5-14-15(7-12)23-16(22-14)10-24-17-20-8-11(9-21-17)13-3-1-2-6-19-13/h1-9H,10H2. The highest BCUT2D eigenvalue weighted by atomic mass is 35.5. The van der Waals surface area contributed by atoms with E-state index in [1.54, 1.807) is 30.7 Å².